The lowest BCUT2D eigenvalue weighted by atomic mass is 9.81. The molecule has 0 bridgehead atoms. The molecule has 2 amide bonds. The quantitative estimate of drug-likeness (QED) is 0.665. The number of nitrogens with two attached hydrogens (primary N) is 1. The smallest absolute Gasteiger partial charge is 0.253 e. The van der Waals surface area contributed by atoms with Crippen molar-refractivity contribution >= 4 is 24.2 Å². The maximum Gasteiger partial charge on any atom is 0.253 e. The lowest BCUT2D eigenvalue weighted by molar-refractivity contribution is -0.132. The lowest BCUT2D eigenvalue weighted by Gasteiger charge is -2.35. The third-order valence-corrected chi connectivity index (χ3v) is 5.97. The molecule has 0 radical (unpaired) electrons. The molecule has 0 spiro atoms. The van der Waals surface area contributed by atoms with Crippen molar-refractivity contribution in [1.29, 1.82) is 0 Å². The van der Waals surface area contributed by atoms with Crippen molar-refractivity contribution in [2.45, 2.75) is 45.6 Å². The van der Waals surface area contributed by atoms with E-state index in [9.17, 15) is 9.59 Å². The number of hydrogen-bond donors (Lipinski definition) is 2. The standard InChI is InChI=1S/C21H33N3O4.ClH/c1-5-21(6-2,14-22)20(26)23-16-9-11-24(12-10-16)19(25)15-7-8-17(27-3)18(13-15)28-4;/h7-8,13,16H,5-6,9-12,14,22H2,1-4H3,(H,23,26);1H. The Morgan fingerprint density at radius 3 is 2.21 bits per heavy atom. The van der Waals surface area contributed by atoms with E-state index in [2.05, 4.69) is 5.32 Å². The number of benzene rings is 1. The van der Waals surface area contributed by atoms with Gasteiger partial charge < -0.3 is 25.4 Å². The van der Waals surface area contributed by atoms with Gasteiger partial charge in [-0.2, -0.15) is 0 Å². The van der Waals surface area contributed by atoms with Gasteiger partial charge in [-0.3, -0.25) is 9.59 Å². The number of nitrogens with zero attached hydrogens (tertiary/aromatic N) is 1. The van der Waals surface area contributed by atoms with Crippen LogP contribution in [0.2, 0.25) is 0 Å². The highest BCUT2D eigenvalue weighted by Crippen LogP contribution is 2.29. The molecule has 3 N–H and O–H groups in total. The monoisotopic (exact) mass is 427 g/mol. The van der Waals surface area contributed by atoms with Gasteiger partial charge in [-0.15, -0.1) is 12.4 Å². The lowest BCUT2D eigenvalue weighted by Crippen LogP contribution is -2.52. The van der Waals surface area contributed by atoms with E-state index >= 15 is 0 Å². The van der Waals surface area contributed by atoms with Gasteiger partial charge in [0.25, 0.3) is 5.91 Å². The molecule has 0 saturated carbocycles. The summed E-state index contributed by atoms with van der Waals surface area (Å²) < 4.78 is 10.5. The van der Waals surface area contributed by atoms with Crippen LogP contribution >= 0.6 is 12.4 Å². The van der Waals surface area contributed by atoms with Crippen molar-refractivity contribution in [3.8, 4) is 11.5 Å². The topological polar surface area (TPSA) is 93.9 Å². The summed E-state index contributed by atoms with van der Waals surface area (Å²) in [5.74, 6) is 1.12. The van der Waals surface area contributed by atoms with Crippen molar-refractivity contribution in [2.24, 2.45) is 11.1 Å². The average molecular weight is 428 g/mol. The molecule has 0 unspecified atom stereocenters. The van der Waals surface area contributed by atoms with Gasteiger partial charge >= 0.3 is 0 Å². The Morgan fingerprint density at radius 1 is 1.14 bits per heavy atom. The zero-order valence-corrected chi connectivity index (χ0v) is 18.6. The Kier molecular flexibility index (Phi) is 9.73. The van der Waals surface area contributed by atoms with Gasteiger partial charge in [0.05, 0.1) is 19.6 Å². The number of amides is 2. The van der Waals surface area contributed by atoms with E-state index in [4.69, 9.17) is 15.2 Å². The summed E-state index contributed by atoms with van der Waals surface area (Å²) in [5.41, 5.74) is 5.95. The Morgan fingerprint density at radius 2 is 1.72 bits per heavy atom. The number of ether oxygens (including phenoxy) is 2. The molecule has 29 heavy (non-hydrogen) atoms. The van der Waals surface area contributed by atoms with Crippen molar-refractivity contribution in [3.63, 3.8) is 0 Å². The highest BCUT2D eigenvalue weighted by molar-refractivity contribution is 5.95. The number of rotatable bonds is 8. The molecule has 1 saturated heterocycles. The number of carbonyl (C=O) groups is 2. The Labute approximate surface area is 179 Å². The van der Waals surface area contributed by atoms with Crippen LogP contribution in [0.3, 0.4) is 0 Å². The van der Waals surface area contributed by atoms with Crippen LogP contribution in [0.1, 0.15) is 49.9 Å². The zero-order chi connectivity index (χ0) is 20.7. The van der Waals surface area contributed by atoms with Gasteiger partial charge in [-0.25, -0.2) is 0 Å². The largest absolute Gasteiger partial charge is 0.493 e. The maximum absolute atomic E-state index is 12.8. The highest BCUT2D eigenvalue weighted by atomic mass is 35.5. The predicted octanol–water partition coefficient (Wildman–Crippen LogP) is 2.61. The first-order valence-corrected chi connectivity index (χ1v) is 9.97. The van der Waals surface area contributed by atoms with E-state index in [-0.39, 0.29) is 30.3 Å². The number of hydrogen-bond acceptors (Lipinski definition) is 5. The van der Waals surface area contributed by atoms with Gasteiger partial charge in [0, 0.05) is 31.2 Å². The zero-order valence-electron chi connectivity index (χ0n) is 17.8. The van der Waals surface area contributed by atoms with Gasteiger partial charge in [-0.1, -0.05) is 13.8 Å². The molecule has 1 aromatic rings. The normalized spacial score (nSPS) is 14.7. The summed E-state index contributed by atoms with van der Waals surface area (Å²) in [5, 5.41) is 3.15. The fourth-order valence-electron chi connectivity index (χ4n) is 3.67. The molecule has 8 heteroatoms. The van der Waals surface area contributed by atoms with E-state index in [0.717, 1.165) is 25.7 Å². The van der Waals surface area contributed by atoms with Gasteiger partial charge in [0.2, 0.25) is 5.91 Å². The number of halogens is 1. The van der Waals surface area contributed by atoms with Crippen LogP contribution < -0.4 is 20.5 Å². The molecule has 1 heterocycles. The first kappa shape index (κ1) is 25.0. The molecule has 1 aromatic carbocycles. The van der Waals surface area contributed by atoms with Crippen LogP contribution in [0.25, 0.3) is 0 Å². The van der Waals surface area contributed by atoms with Gasteiger partial charge in [0.15, 0.2) is 11.5 Å². The van der Waals surface area contributed by atoms with Gasteiger partial charge in [-0.05, 0) is 43.9 Å². The number of nitrogens with one attached hydrogen (secondary N) is 1. The van der Waals surface area contributed by atoms with Crippen LogP contribution in [-0.4, -0.2) is 56.6 Å². The number of carbonyl (C=O) groups excluding carboxylic acids is 2. The molecule has 1 aliphatic heterocycles. The molecule has 0 atom stereocenters. The summed E-state index contributed by atoms with van der Waals surface area (Å²) in [7, 11) is 3.11. The predicted molar refractivity (Wildman–Crippen MR) is 116 cm³/mol. The fourth-order valence-corrected chi connectivity index (χ4v) is 3.67. The third kappa shape index (κ3) is 5.54. The number of likely N-dealkylation sites (tertiary alicyclic amines) is 1. The molecule has 7 nitrogen and oxygen atoms in total. The second kappa shape index (κ2) is 11.3. The summed E-state index contributed by atoms with van der Waals surface area (Å²) in [4.78, 5) is 27.3. The Bertz CT molecular complexity index is 678. The van der Waals surface area contributed by atoms with Crippen LogP contribution in [0.4, 0.5) is 0 Å². The second-order valence-electron chi connectivity index (χ2n) is 7.30. The summed E-state index contributed by atoms with van der Waals surface area (Å²) in [6, 6.07) is 5.26. The van der Waals surface area contributed by atoms with Crippen LogP contribution in [0, 0.1) is 5.41 Å². The van der Waals surface area contributed by atoms with Crippen molar-refractivity contribution in [1.82, 2.24) is 10.2 Å². The Balaban J connectivity index is 0.00000420. The fraction of sp³-hybridized carbons (Fsp3) is 0.619. The highest BCUT2D eigenvalue weighted by Gasteiger charge is 2.35. The SMILES string of the molecule is CCC(CC)(CN)C(=O)NC1CCN(C(=O)c2ccc(OC)c(OC)c2)CC1.Cl. The van der Waals surface area contributed by atoms with E-state index in [1.807, 2.05) is 18.7 Å². The van der Waals surface area contributed by atoms with Crippen molar-refractivity contribution in [3.05, 3.63) is 23.8 Å². The Hall–Kier alpha value is -1.99. The third-order valence-electron chi connectivity index (χ3n) is 5.97. The van der Waals surface area contributed by atoms with E-state index < -0.39 is 5.41 Å². The second-order valence-corrected chi connectivity index (χ2v) is 7.30. The maximum atomic E-state index is 12.8. The number of methoxy groups -OCH3 is 2. The minimum atomic E-state index is -0.493. The molecule has 2 rings (SSSR count). The first-order chi connectivity index (χ1) is 13.4. The molecule has 164 valence electrons. The number of piperidine rings is 1. The molecule has 0 aliphatic carbocycles. The molecule has 1 fully saturated rings. The van der Waals surface area contributed by atoms with Crippen LogP contribution in [0.15, 0.2) is 18.2 Å². The summed E-state index contributed by atoms with van der Waals surface area (Å²) in [6.07, 6.45) is 2.92. The van der Waals surface area contributed by atoms with E-state index in [1.165, 1.54) is 0 Å². The molecule has 1 aliphatic rings. The minimum absolute atomic E-state index is 0. The van der Waals surface area contributed by atoms with Crippen molar-refractivity contribution in [2.75, 3.05) is 33.9 Å². The molecular weight excluding hydrogens is 394 g/mol. The van der Waals surface area contributed by atoms with E-state index in [0.29, 0.717) is 36.7 Å². The van der Waals surface area contributed by atoms with Gasteiger partial charge in [0.1, 0.15) is 0 Å². The van der Waals surface area contributed by atoms with Crippen molar-refractivity contribution < 1.29 is 19.1 Å². The average Bonchev–Trinajstić information content (AvgIpc) is 2.75. The first-order valence-electron chi connectivity index (χ1n) is 9.97. The summed E-state index contributed by atoms with van der Waals surface area (Å²) in [6.45, 7) is 5.56. The van der Waals surface area contributed by atoms with Crippen LogP contribution in [0.5, 0.6) is 11.5 Å². The van der Waals surface area contributed by atoms with Crippen LogP contribution in [-0.2, 0) is 4.79 Å². The molecule has 0 aromatic heterocycles. The van der Waals surface area contributed by atoms with E-state index in [1.54, 1.807) is 32.4 Å². The minimum Gasteiger partial charge on any atom is -0.493 e. The molecular formula is C21H34ClN3O4. The summed E-state index contributed by atoms with van der Waals surface area (Å²) >= 11 is 0.